The number of aromatic amines is 1. The van der Waals surface area contributed by atoms with Crippen LogP contribution in [0.15, 0.2) is 24.4 Å². The summed E-state index contributed by atoms with van der Waals surface area (Å²) >= 11 is 0. The molecule has 0 saturated carbocycles. The molecule has 0 aliphatic heterocycles. The van der Waals surface area contributed by atoms with Crippen LogP contribution >= 0.6 is 0 Å². The Hall–Kier alpha value is -1.64. The van der Waals surface area contributed by atoms with Crippen molar-refractivity contribution in [2.45, 2.75) is 0 Å². The van der Waals surface area contributed by atoms with Gasteiger partial charge in [0, 0.05) is 17.0 Å². The van der Waals surface area contributed by atoms with Crippen molar-refractivity contribution in [3.63, 3.8) is 0 Å². The second-order valence-corrected chi connectivity index (χ2v) is 2.56. The molecule has 0 saturated heterocycles. The maximum Gasteiger partial charge on any atom is 0.196 e. The van der Waals surface area contributed by atoms with Crippen LogP contribution in [-0.4, -0.2) is 17.2 Å². The molecule has 62 valence electrons. The van der Waals surface area contributed by atoms with Gasteiger partial charge in [-0.05, 0) is 12.1 Å². The van der Waals surface area contributed by atoms with Gasteiger partial charge >= 0.3 is 0 Å². The third-order valence-corrected chi connectivity index (χ3v) is 1.89. The Labute approximate surface area is 69.6 Å². The summed E-state index contributed by atoms with van der Waals surface area (Å²) in [6.45, 7) is 0. The normalized spacial score (nSPS) is 10.4. The van der Waals surface area contributed by atoms with E-state index in [1.165, 1.54) is 0 Å². The van der Waals surface area contributed by atoms with E-state index in [4.69, 9.17) is 4.74 Å². The Morgan fingerprint density at radius 3 is 2.92 bits per heavy atom. The average molecular weight is 163 g/mol. The van der Waals surface area contributed by atoms with Gasteiger partial charge in [0.05, 0.1) is 7.11 Å². The first-order valence-corrected chi connectivity index (χ1v) is 3.66. The number of benzene rings is 1. The smallest absolute Gasteiger partial charge is 0.196 e. The van der Waals surface area contributed by atoms with Crippen LogP contribution in [0.5, 0.6) is 11.6 Å². The molecule has 2 rings (SSSR count). The average Bonchev–Trinajstić information content (AvgIpc) is 2.48. The first kappa shape index (κ1) is 7.03. The van der Waals surface area contributed by atoms with E-state index < -0.39 is 0 Å². The fourth-order valence-electron chi connectivity index (χ4n) is 1.30. The highest BCUT2D eigenvalue weighted by molar-refractivity contribution is 5.92. The van der Waals surface area contributed by atoms with Crippen LogP contribution in [0.2, 0.25) is 0 Å². The lowest BCUT2D eigenvalue weighted by Crippen LogP contribution is -1.81. The fourth-order valence-corrected chi connectivity index (χ4v) is 1.30. The van der Waals surface area contributed by atoms with Crippen molar-refractivity contribution >= 4 is 10.8 Å². The third-order valence-electron chi connectivity index (χ3n) is 1.89. The van der Waals surface area contributed by atoms with E-state index >= 15 is 0 Å². The number of rotatable bonds is 1. The van der Waals surface area contributed by atoms with Gasteiger partial charge in [-0.25, -0.2) is 0 Å². The molecule has 0 bridgehead atoms. The topological polar surface area (TPSA) is 45.2 Å². The largest absolute Gasteiger partial charge is 0.496 e. The van der Waals surface area contributed by atoms with Crippen molar-refractivity contribution in [3.05, 3.63) is 24.4 Å². The van der Waals surface area contributed by atoms with Gasteiger partial charge in [-0.1, -0.05) is 6.07 Å². The zero-order valence-electron chi connectivity index (χ0n) is 6.66. The van der Waals surface area contributed by atoms with Gasteiger partial charge in [-0.3, -0.25) is 0 Å². The number of hydrogen-bond acceptors (Lipinski definition) is 2. The van der Waals surface area contributed by atoms with Gasteiger partial charge in [0.1, 0.15) is 5.75 Å². The highest BCUT2D eigenvalue weighted by Crippen LogP contribution is 2.30. The highest BCUT2D eigenvalue weighted by Gasteiger charge is 2.04. The molecule has 1 aromatic heterocycles. The van der Waals surface area contributed by atoms with Crippen molar-refractivity contribution in [3.8, 4) is 11.6 Å². The van der Waals surface area contributed by atoms with E-state index in [1.54, 1.807) is 13.3 Å². The summed E-state index contributed by atoms with van der Waals surface area (Å²) in [7, 11) is 1.61. The minimum Gasteiger partial charge on any atom is -0.496 e. The molecular formula is C9H9NO2. The number of aromatic nitrogens is 1. The summed E-state index contributed by atoms with van der Waals surface area (Å²) < 4.78 is 5.11. The van der Waals surface area contributed by atoms with Gasteiger partial charge in [0.15, 0.2) is 5.88 Å². The van der Waals surface area contributed by atoms with Crippen LogP contribution < -0.4 is 4.74 Å². The Balaban J connectivity index is 2.81. The van der Waals surface area contributed by atoms with Crippen molar-refractivity contribution in [1.29, 1.82) is 0 Å². The Bertz CT molecular complexity index is 406. The molecule has 0 spiro atoms. The van der Waals surface area contributed by atoms with Crippen LogP contribution in [0.1, 0.15) is 0 Å². The van der Waals surface area contributed by atoms with Gasteiger partial charge in [0.2, 0.25) is 0 Å². The lowest BCUT2D eigenvalue weighted by atomic mass is 10.2. The van der Waals surface area contributed by atoms with E-state index in [0.717, 1.165) is 16.5 Å². The molecule has 0 unspecified atom stereocenters. The highest BCUT2D eigenvalue weighted by atomic mass is 16.5. The monoisotopic (exact) mass is 163 g/mol. The molecule has 0 atom stereocenters. The van der Waals surface area contributed by atoms with E-state index in [0.29, 0.717) is 0 Å². The summed E-state index contributed by atoms with van der Waals surface area (Å²) in [6.07, 6.45) is 1.73. The molecule has 0 radical (unpaired) electrons. The molecule has 0 fully saturated rings. The molecule has 0 aliphatic rings. The van der Waals surface area contributed by atoms with Crippen molar-refractivity contribution < 1.29 is 9.84 Å². The maximum atomic E-state index is 9.32. The molecule has 3 heteroatoms. The SMILES string of the molecule is COc1cccc2c(O)[nH]cc12. The molecule has 1 aromatic carbocycles. The molecular weight excluding hydrogens is 154 g/mol. The molecule has 1 heterocycles. The fraction of sp³-hybridized carbons (Fsp3) is 0.111. The van der Waals surface area contributed by atoms with E-state index in [-0.39, 0.29) is 5.88 Å². The van der Waals surface area contributed by atoms with Gasteiger partial charge < -0.3 is 14.8 Å². The number of aromatic hydroxyl groups is 1. The van der Waals surface area contributed by atoms with Crippen molar-refractivity contribution in [2.24, 2.45) is 0 Å². The molecule has 2 N–H and O–H groups in total. The van der Waals surface area contributed by atoms with Crippen molar-refractivity contribution in [2.75, 3.05) is 7.11 Å². The predicted octanol–water partition coefficient (Wildman–Crippen LogP) is 1.88. The maximum absolute atomic E-state index is 9.32. The molecule has 3 nitrogen and oxygen atoms in total. The van der Waals surface area contributed by atoms with E-state index in [2.05, 4.69) is 4.98 Å². The summed E-state index contributed by atoms with van der Waals surface area (Å²) in [4.78, 5) is 2.73. The van der Waals surface area contributed by atoms with E-state index in [1.807, 2.05) is 18.2 Å². The second kappa shape index (κ2) is 2.44. The van der Waals surface area contributed by atoms with Gasteiger partial charge in [0.25, 0.3) is 0 Å². The molecule has 2 aromatic rings. The summed E-state index contributed by atoms with van der Waals surface area (Å²) in [6, 6.07) is 5.54. The Morgan fingerprint density at radius 2 is 2.17 bits per heavy atom. The summed E-state index contributed by atoms with van der Waals surface area (Å²) in [5.41, 5.74) is 0. The van der Waals surface area contributed by atoms with Gasteiger partial charge in [-0.2, -0.15) is 0 Å². The predicted molar refractivity (Wildman–Crippen MR) is 46.5 cm³/mol. The van der Waals surface area contributed by atoms with E-state index in [9.17, 15) is 5.11 Å². The first-order valence-electron chi connectivity index (χ1n) is 3.66. The zero-order valence-corrected chi connectivity index (χ0v) is 6.66. The van der Waals surface area contributed by atoms with Gasteiger partial charge in [-0.15, -0.1) is 0 Å². The van der Waals surface area contributed by atoms with Crippen LogP contribution in [-0.2, 0) is 0 Å². The minimum atomic E-state index is 0.184. The Kier molecular flexibility index (Phi) is 1.43. The number of fused-ring (bicyclic) bond motifs is 1. The Morgan fingerprint density at radius 1 is 1.33 bits per heavy atom. The van der Waals surface area contributed by atoms with Crippen LogP contribution in [0, 0.1) is 0 Å². The number of nitrogens with one attached hydrogen (secondary N) is 1. The third kappa shape index (κ3) is 0.830. The number of hydrogen-bond donors (Lipinski definition) is 2. The number of methoxy groups -OCH3 is 1. The minimum absolute atomic E-state index is 0.184. The summed E-state index contributed by atoms with van der Waals surface area (Å²) in [5.74, 6) is 0.952. The second-order valence-electron chi connectivity index (χ2n) is 2.56. The number of H-pyrrole nitrogens is 1. The molecule has 12 heavy (non-hydrogen) atoms. The standard InChI is InChI=1S/C9H9NO2/c1-12-8-4-2-3-6-7(8)5-10-9(6)11/h2-5,10-11H,1H3. The van der Waals surface area contributed by atoms with Crippen molar-refractivity contribution in [1.82, 2.24) is 4.98 Å². The van der Waals surface area contributed by atoms with Crippen LogP contribution in [0.3, 0.4) is 0 Å². The van der Waals surface area contributed by atoms with Crippen LogP contribution in [0.4, 0.5) is 0 Å². The quantitative estimate of drug-likeness (QED) is 0.674. The summed E-state index contributed by atoms with van der Waals surface area (Å²) in [5, 5.41) is 11.0. The lowest BCUT2D eigenvalue weighted by Gasteiger charge is -1.99. The first-order chi connectivity index (χ1) is 5.83. The van der Waals surface area contributed by atoms with Crippen LogP contribution in [0.25, 0.3) is 10.8 Å². The lowest BCUT2D eigenvalue weighted by molar-refractivity contribution is 0.420. The number of ether oxygens (including phenoxy) is 1. The zero-order chi connectivity index (χ0) is 8.55. The molecule has 0 aliphatic carbocycles. The molecule has 0 amide bonds.